The van der Waals surface area contributed by atoms with Gasteiger partial charge in [0, 0.05) is 19.2 Å². The van der Waals surface area contributed by atoms with Crippen LogP contribution in [-0.2, 0) is 19.6 Å². The fraction of sp³-hybridized carbons (Fsp3) is 0.500. The molecule has 0 aromatic heterocycles. The van der Waals surface area contributed by atoms with E-state index < -0.39 is 22.0 Å². The molecule has 2 rings (SSSR count). The third-order valence-corrected chi connectivity index (χ3v) is 6.11. The molecule has 2 unspecified atom stereocenters. The summed E-state index contributed by atoms with van der Waals surface area (Å²) in [7, 11) is -2.78. The van der Waals surface area contributed by atoms with Crippen molar-refractivity contribution in [3.8, 4) is 5.75 Å². The molecule has 0 spiro atoms. The number of rotatable bonds is 5. The van der Waals surface area contributed by atoms with Gasteiger partial charge in [-0.2, -0.15) is 4.31 Å². The number of nitrogens with one attached hydrogen (secondary N) is 1. The number of nitrogens with zero attached hydrogens (tertiary/aromatic N) is 1. The van der Waals surface area contributed by atoms with Gasteiger partial charge in [-0.05, 0) is 37.0 Å². The van der Waals surface area contributed by atoms with Crippen LogP contribution < -0.4 is 10.1 Å². The van der Waals surface area contributed by atoms with E-state index in [1.807, 2.05) is 0 Å². The van der Waals surface area contributed by atoms with Gasteiger partial charge in [0.25, 0.3) is 0 Å². The minimum Gasteiger partial charge on any atom is -0.495 e. The molecule has 1 heterocycles. The topological polar surface area (TPSA) is 113 Å². The molecule has 1 aromatic carbocycles. The van der Waals surface area contributed by atoms with Crippen LogP contribution in [0.3, 0.4) is 0 Å². The van der Waals surface area contributed by atoms with Crippen molar-refractivity contribution in [2.24, 2.45) is 5.92 Å². The first-order chi connectivity index (χ1) is 11.7. The largest absolute Gasteiger partial charge is 0.495 e. The van der Waals surface area contributed by atoms with Crippen molar-refractivity contribution in [3.05, 3.63) is 18.2 Å². The second kappa shape index (κ2) is 7.40. The molecule has 1 saturated heterocycles. The lowest BCUT2D eigenvalue weighted by atomic mass is 9.93. The summed E-state index contributed by atoms with van der Waals surface area (Å²) in [5.41, 5.74) is 0.295. The molecule has 0 radical (unpaired) electrons. The van der Waals surface area contributed by atoms with E-state index in [0.717, 1.165) is 4.31 Å². The van der Waals surface area contributed by atoms with Crippen LogP contribution in [-0.4, -0.2) is 49.4 Å². The SMILES string of the molecule is COc1ccc(NC(C)=O)cc1S(=O)(=O)N1CCCC(C)C1C(=O)O. The molecule has 0 saturated carbocycles. The van der Waals surface area contributed by atoms with E-state index >= 15 is 0 Å². The molecule has 0 bridgehead atoms. The molecule has 25 heavy (non-hydrogen) atoms. The van der Waals surface area contributed by atoms with E-state index in [-0.39, 0.29) is 29.0 Å². The van der Waals surface area contributed by atoms with Crippen LogP contribution in [0.4, 0.5) is 5.69 Å². The number of carbonyl (C=O) groups is 2. The van der Waals surface area contributed by atoms with Gasteiger partial charge in [0.15, 0.2) is 0 Å². The van der Waals surface area contributed by atoms with Crippen LogP contribution in [0, 0.1) is 5.92 Å². The van der Waals surface area contributed by atoms with Crippen LogP contribution in [0.2, 0.25) is 0 Å². The van der Waals surface area contributed by atoms with Crippen molar-refractivity contribution in [1.82, 2.24) is 4.31 Å². The van der Waals surface area contributed by atoms with Crippen LogP contribution in [0.1, 0.15) is 26.7 Å². The Morgan fingerprint density at radius 1 is 1.36 bits per heavy atom. The Balaban J connectivity index is 2.53. The fourth-order valence-electron chi connectivity index (χ4n) is 3.07. The molecular weight excluding hydrogens is 348 g/mol. The molecule has 1 amide bonds. The molecule has 9 heteroatoms. The van der Waals surface area contributed by atoms with Crippen molar-refractivity contribution >= 4 is 27.6 Å². The number of ether oxygens (including phenoxy) is 1. The summed E-state index contributed by atoms with van der Waals surface area (Å²) in [6.45, 7) is 3.16. The third kappa shape index (κ3) is 3.93. The molecule has 1 aliphatic heterocycles. The van der Waals surface area contributed by atoms with Crippen molar-refractivity contribution in [1.29, 1.82) is 0 Å². The number of amides is 1. The Bertz CT molecular complexity index is 777. The number of carboxylic acids is 1. The van der Waals surface area contributed by atoms with Gasteiger partial charge in [-0.1, -0.05) is 6.92 Å². The van der Waals surface area contributed by atoms with Gasteiger partial charge in [-0.15, -0.1) is 0 Å². The lowest BCUT2D eigenvalue weighted by molar-refractivity contribution is -0.144. The smallest absolute Gasteiger partial charge is 0.322 e. The number of anilines is 1. The van der Waals surface area contributed by atoms with Crippen LogP contribution in [0.5, 0.6) is 5.75 Å². The van der Waals surface area contributed by atoms with Crippen LogP contribution >= 0.6 is 0 Å². The standard InChI is InChI=1S/C16H22N2O6S/c1-10-5-4-8-18(15(10)16(20)21)25(22,23)14-9-12(17-11(2)19)6-7-13(14)24-3/h6-7,9-10,15H,4-5,8H2,1-3H3,(H,17,19)(H,20,21). The van der Waals surface area contributed by atoms with E-state index in [4.69, 9.17) is 4.74 Å². The third-order valence-electron chi connectivity index (χ3n) is 4.21. The number of carboxylic acid groups (broad SMARTS) is 1. The summed E-state index contributed by atoms with van der Waals surface area (Å²) in [5.74, 6) is -1.72. The first-order valence-corrected chi connectivity index (χ1v) is 9.32. The van der Waals surface area contributed by atoms with E-state index in [1.54, 1.807) is 6.92 Å². The number of carbonyl (C=O) groups excluding carboxylic acids is 1. The predicted octanol–water partition coefficient (Wildman–Crippen LogP) is 1.53. The molecule has 138 valence electrons. The predicted molar refractivity (Wildman–Crippen MR) is 91.0 cm³/mol. The summed E-state index contributed by atoms with van der Waals surface area (Å²) in [4.78, 5) is 22.7. The zero-order chi connectivity index (χ0) is 18.8. The van der Waals surface area contributed by atoms with Crippen LogP contribution in [0.15, 0.2) is 23.1 Å². The average molecular weight is 370 g/mol. The maximum Gasteiger partial charge on any atom is 0.322 e. The quantitative estimate of drug-likeness (QED) is 0.813. The number of hydrogen-bond donors (Lipinski definition) is 2. The zero-order valence-corrected chi connectivity index (χ0v) is 15.2. The van der Waals surface area contributed by atoms with E-state index in [2.05, 4.69) is 5.32 Å². The van der Waals surface area contributed by atoms with Gasteiger partial charge in [0.1, 0.15) is 16.7 Å². The summed E-state index contributed by atoms with van der Waals surface area (Å²) < 4.78 is 32.4. The number of sulfonamides is 1. The van der Waals surface area contributed by atoms with Gasteiger partial charge in [0.2, 0.25) is 15.9 Å². The van der Waals surface area contributed by atoms with Crippen molar-refractivity contribution in [2.75, 3.05) is 19.0 Å². The lowest BCUT2D eigenvalue weighted by Crippen LogP contribution is -2.51. The second-order valence-corrected chi connectivity index (χ2v) is 7.92. The number of benzene rings is 1. The number of piperidine rings is 1. The van der Waals surface area contributed by atoms with Crippen molar-refractivity contribution in [3.63, 3.8) is 0 Å². The van der Waals surface area contributed by atoms with Gasteiger partial charge in [-0.3, -0.25) is 9.59 Å². The Morgan fingerprint density at radius 3 is 2.60 bits per heavy atom. The lowest BCUT2D eigenvalue weighted by Gasteiger charge is -2.36. The molecule has 0 aliphatic carbocycles. The summed E-state index contributed by atoms with van der Waals surface area (Å²) in [5, 5.41) is 12.0. The van der Waals surface area contributed by atoms with Crippen LogP contribution in [0.25, 0.3) is 0 Å². The summed E-state index contributed by atoms with van der Waals surface area (Å²) in [6.07, 6.45) is 1.23. The maximum atomic E-state index is 13.1. The Hall–Kier alpha value is -2.13. The number of methoxy groups -OCH3 is 1. The van der Waals surface area contributed by atoms with E-state index in [9.17, 15) is 23.1 Å². The average Bonchev–Trinajstić information content (AvgIpc) is 2.53. The highest BCUT2D eigenvalue weighted by atomic mass is 32.2. The molecule has 1 aliphatic rings. The molecule has 1 fully saturated rings. The molecule has 2 N–H and O–H groups in total. The van der Waals surface area contributed by atoms with Gasteiger partial charge >= 0.3 is 5.97 Å². The minimum atomic E-state index is -4.11. The Morgan fingerprint density at radius 2 is 2.04 bits per heavy atom. The van der Waals surface area contributed by atoms with E-state index in [1.165, 1.54) is 32.2 Å². The van der Waals surface area contributed by atoms with E-state index in [0.29, 0.717) is 18.5 Å². The first-order valence-electron chi connectivity index (χ1n) is 7.88. The molecule has 1 aromatic rings. The minimum absolute atomic E-state index is 0.0940. The Kier molecular flexibility index (Phi) is 5.69. The van der Waals surface area contributed by atoms with Crippen molar-refractivity contribution in [2.45, 2.75) is 37.6 Å². The summed E-state index contributed by atoms with van der Waals surface area (Å²) in [6, 6.07) is 3.11. The highest BCUT2D eigenvalue weighted by molar-refractivity contribution is 7.89. The van der Waals surface area contributed by atoms with Gasteiger partial charge < -0.3 is 15.2 Å². The first kappa shape index (κ1) is 19.2. The molecular formula is C16H22N2O6S. The van der Waals surface area contributed by atoms with Gasteiger partial charge in [0.05, 0.1) is 7.11 Å². The maximum absolute atomic E-state index is 13.1. The molecule has 2 atom stereocenters. The second-order valence-electron chi connectivity index (χ2n) is 6.07. The monoisotopic (exact) mass is 370 g/mol. The molecule has 8 nitrogen and oxygen atoms in total. The van der Waals surface area contributed by atoms with Crippen molar-refractivity contribution < 1.29 is 27.9 Å². The normalized spacial score (nSPS) is 21.6. The Labute approximate surface area is 146 Å². The van der Waals surface area contributed by atoms with Gasteiger partial charge in [-0.25, -0.2) is 8.42 Å². The highest BCUT2D eigenvalue weighted by Crippen LogP contribution is 2.34. The number of aliphatic carboxylic acids is 1. The fourth-order valence-corrected chi connectivity index (χ4v) is 4.97. The summed E-state index contributed by atoms with van der Waals surface area (Å²) >= 11 is 0. The number of hydrogen-bond acceptors (Lipinski definition) is 5. The highest BCUT2D eigenvalue weighted by Gasteiger charge is 2.42. The zero-order valence-electron chi connectivity index (χ0n) is 14.4.